The van der Waals surface area contributed by atoms with E-state index >= 15 is 0 Å². The smallest absolute Gasteiger partial charge is 0.258 e. The molecule has 3 rings (SSSR count). The highest BCUT2D eigenvalue weighted by Gasteiger charge is 2.28. The Morgan fingerprint density at radius 3 is 2.30 bits per heavy atom. The van der Waals surface area contributed by atoms with Crippen LogP contribution in [-0.2, 0) is 10.0 Å². The van der Waals surface area contributed by atoms with E-state index in [-0.39, 0.29) is 10.8 Å². The van der Waals surface area contributed by atoms with Gasteiger partial charge in [0.05, 0.1) is 4.90 Å². The molecule has 1 heterocycles. The Bertz CT molecular complexity index is 892. The van der Waals surface area contributed by atoms with E-state index in [2.05, 4.69) is 11.8 Å². The summed E-state index contributed by atoms with van der Waals surface area (Å²) in [6.07, 6.45) is 0. The number of para-hydroxylation sites is 1. The van der Waals surface area contributed by atoms with E-state index in [1.807, 2.05) is 30.3 Å². The van der Waals surface area contributed by atoms with Gasteiger partial charge in [0, 0.05) is 44.5 Å². The molecule has 2 aromatic rings. The molecule has 1 fully saturated rings. The van der Waals surface area contributed by atoms with Gasteiger partial charge in [0.15, 0.2) is 0 Å². The largest absolute Gasteiger partial charge is 0.311 e. The Balaban J connectivity index is 1.82. The molecule has 0 N–H and O–H groups in total. The highest BCUT2D eigenvalue weighted by molar-refractivity contribution is 7.89. The van der Waals surface area contributed by atoms with E-state index in [0.29, 0.717) is 18.7 Å². The van der Waals surface area contributed by atoms with Gasteiger partial charge in [-0.1, -0.05) is 31.2 Å². The summed E-state index contributed by atoms with van der Waals surface area (Å²) in [5.74, 6) is -0.242. The van der Waals surface area contributed by atoms with Gasteiger partial charge in [-0.15, -0.1) is 0 Å². The molecule has 2 aromatic carbocycles. The maximum Gasteiger partial charge on any atom is 0.258 e. The first-order valence-corrected chi connectivity index (χ1v) is 10.5. The Labute approximate surface area is 161 Å². The van der Waals surface area contributed by atoms with Gasteiger partial charge >= 0.3 is 0 Å². The Morgan fingerprint density at radius 1 is 1.00 bits per heavy atom. The number of benzene rings is 2. The number of carbonyl (C=O) groups excluding carboxylic acids is 1. The second-order valence-corrected chi connectivity index (χ2v) is 8.50. The van der Waals surface area contributed by atoms with Crippen LogP contribution in [0.25, 0.3) is 0 Å². The van der Waals surface area contributed by atoms with Crippen LogP contribution in [0.5, 0.6) is 0 Å². The van der Waals surface area contributed by atoms with Crippen molar-refractivity contribution in [2.75, 3.05) is 44.7 Å². The number of hydrogen-bond donors (Lipinski definition) is 0. The maximum absolute atomic E-state index is 13.0. The number of likely N-dealkylation sites (N-methyl/N-ethyl adjacent to an activating group) is 1. The number of anilines is 1. The van der Waals surface area contributed by atoms with Crippen LogP contribution in [0.2, 0.25) is 0 Å². The molecule has 7 heteroatoms. The van der Waals surface area contributed by atoms with Crippen LogP contribution in [0.15, 0.2) is 59.5 Å². The van der Waals surface area contributed by atoms with Crippen molar-refractivity contribution in [2.45, 2.75) is 11.8 Å². The third kappa shape index (κ3) is 4.21. The molecule has 0 spiro atoms. The van der Waals surface area contributed by atoms with Crippen LogP contribution in [0, 0.1) is 0 Å². The van der Waals surface area contributed by atoms with Gasteiger partial charge in [0.1, 0.15) is 0 Å². The van der Waals surface area contributed by atoms with E-state index in [1.165, 1.54) is 15.3 Å². The highest BCUT2D eigenvalue weighted by Crippen LogP contribution is 2.21. The molecule has 1 saturated heterocycles. The molecule has 0 atom stereocenters. The van der Waals surface area contributed by atoms with Crippen LogP contribution >= 0.6 is 0 Å². The molecule has 0 aliphatic carbocycles. The fourth-order valence-electron chi connectivity index (χ4n) is 3.19. The zero-order valence-electron chi connectivity index (χ0n) is 15.7. The maximum atomic E-state index is 13.0. The number of piperazine rings is 1. The van der Waals surface area contributed by atoms with Crippen molar-refractivity contribution >= 4 is 21.6 Å². The molecule has 1 aliphatic rings. The van der Waals surface area contributed by atoms with Gasteiger partial charge in [0.2, 0.25) is 10.0 Å². The predicted molar refractivity (Wildman–Crippen MR) is 106 cm³/mol. The zero-order valence-corrected chi connectivity index (χ0v) is 16.5. The third-order valence-electron chi connectivity index (χ3n) is 4.95. The molecule has 144 valence electrons. The molecular weight excluding hydrogens is 362 g/mol. The number of carbonyl (C=O) groups is 1. The van der Waals surface area contributed by atoms with Crippen molar-refractivity contribution in [3.8, 4) is 0 Å². The van der Waals surface area contributed by atoms with Gasteiger partial charge in [-0.3, -0.25) is 4.79 Å². The summed E-state index contributed by atoms with van der Waals surface area (Å²) in [5.41, 5.74) is 1.11. The average Bonchev–Trinajstić information content (AvgIpc) is 2.73. The topological polar surface area (TPSA) is 60.9 Å². The molecule has 0 bridgehead atoms. The Morgan fingerprint density at radius 2 is 1.67 bits per heavy atom. The molecule has 1 aliphatic heterocycles. The number of nitrogens with zero attached hydrogens (tertiary/aromatic N) is 3. The fourth-order valence-corrected chi connectivity index (χ4v) is 4.66. The molecule has 0 radical (unpaired) electrons. The van der Waals surface area contributed by atoms with Gasteiger partial charge < -0.3 is 9.80 Å². The second kappa shape index (κ2) is 8.21. The average molecular weight is 388 g/mol. The van der Waals surface area contributed by atoms with E-state index in [9.17, 15) is 13.2 Å². The third-order valence-corrected chi connectivity index (χ3v) is 6.84. The standard InChI is InChI=1S/C20H25N3O3S/c1-3-22-12-14-23(15-13-22)27(25,26)19-11-7-8-17(16-19)20(24)21(2)18-9-5-4-6-10-18/h4-11,16H,3,12-15H2,1-2H3. The minimum absolute atomic E-state index is 0.166. The Kier molecular flexibility index (Phi) is 5.94. The van der Waals surface area contributed by atoms with E-state index in [1.54, 1.807) is 25.2 Å². The molecule has 6 nitrogen and oxygen atoms in total. The van der Waals surface area contributed by atoms with Crippen LogP contribution < -0.4 is 4.90 Å². The van der Waals surface area contributed by atoms with Crippen molar-refractivity contribution in [3.63, 3.8) is 0 Å². The van der Waals surface area contributed by atoms with Crippen LogP contribution in [0.4, 0.5) is 5.69 Å². The lowest BCUT2D eigenvalue weighted by molar-refractivity contribution is 0.0993. The Hall–Kier alpha value is -2.22. The van der Waals surface area contributed by atoms with Crippen LogP contribution in [-0.4, -0.2) is 63.3 Å². The molecular formula is C20H25N3O3S. The molecule has 0 unspecified atom stereocenters. The SMILES string of the molecule is CCN1CCN(S(=O)(=O)c2cccc(C(=O)N(C)c3ccccc3)c2)CC1. The number of hydrogen-bond acceptors (Lipinski definition) is 4. The quantitative estimate of drug-likeness (QED) is 0.790. The summed E-state index contributed by atoms with van der Waals surface area (Å²) in [6, 6.07) is 15.6. The number of sulfonamides is 1. The van der Waals surface area contributed by atoms with E-state index in [4.69, 9.17) is 0 Å². The minimum Gasteiger partial charge on any atom is -0.311 e. The van der Waals surface area contributed by atoms with Crippen LogP contribution in [0.3, 0.4) is 0 Å². The summed E-state index contributed by atoms with van der Waals surface area (Å²) < 4.78 is 27.5. The van der Waals surface area contributed by atoms with Crippen molar-refractivity contribution in [1.29, 1.82) is 0 Å². The predicted octanol–water partition coefficient (Wildman–Crippen LogP) is 2.29. The van der Waals surface area contributed by atoms with Crippen molar-refractivity contribution < 1.29 is 13.2 Å². The lowest BCUT2D eigenvalue weighted by Gasteiger charge is -2.33. The first-order chi connectivity index (χ1) is 12.9. The zero-order chi connectivity index (χ0) is 19.4. The highest BCUT2D eigenvalue weighted by atomic mass is 32.2. The summed E-state index contributed by atoms with van der Waals surface area (Å²) in [5, 5.41) is 0. The summed E-state index contributed by atoms with van der Waals surface area (Å²) in [6.45, 7) is 5.39. The molecule has 27 heavy (non-hydrogen) atoms. The first kappa shape index (κ1) is 19.5. The van der Waals surface area contributed by atoms with Gasteiger partial charge in [-0.05, 0) is 36.9 Å². The number of amides is 1. The van der Waals surface area contributed by atoms with Crippen molar-refractivity contribution in [3.05, 3.63) is 60.2 Å². The summed E-state index contributed by atoms with van der Waals surface area (Å²) in [4.78, 5) is 16.7. The van der Waals surface area contributed by atoms with Gasteiger partial charge in [0.25, 0.3) is 5.91 Å². The molecule has 1 amide bonds. The van der Waals surface area contributed by atoms with Crippen molar-refractivity contribution in [2.24, 2.45) is 0 Å². The van der Waals surface area contributed by atoms with E-state index < -0.39 is 10.0 Å². The number of rotatable bonds is 5. The van der Waals surface area contributed by atoms with Gasteiger partial charge in [-0.25, -0.2) is 8.42 Å². The summed E-state index contributed by atoms with van der Waals surface area (Å²) >= 11 is 0. The molecule has 0 saturated carbocycles. The second-order valence-electron chi connectivity index (χ2n) is 6.57. The normalized spacial score (nSPS) is 16.2. The lowest BCUT2D eigenvalue weighted by Crippen LogP contribution is -2.48. The van der Waals surface area contributed by atoms with Gasteiger partial charge in [-0.2, -0.15) is 4.31 Å². The first-order valence-electron chi connectivity index (χ1n) is 9.09. The monoisotopic (exact) mass is 387 g/mol. The minimum atomic E-state index is -3.60. The fraction of sp³-hybridized carbons (Fsp3) is 0.350. The summed E-state index contributed by atoms with van der Waals surface area (Å²) in [7, 11) is -1.92. The lowest BCUT2D eigenvalue weighted by atomic mass is 10.2. The molecule has 0 aromatic heterocycles. The van der Waals surface area contributed by atoms with Crippen molar-refractivity contribution in [1.82, 2.24) is 9.21 Å². The van der Waals surface area contributed by atoms with E-state index in [0.717, 1.165) is 25.3 Å². The van der Waals surface area contributed by atoms with Crippen LogP contribution in [0.1, 0.15) is 17.3 Å².